The van der Waals surface area contributed by atoms with Crippen LogP contribution in [0.25, 0.3) is 10.2 Å². The van der Waals surface area contributed by atoms with Crippen molar-refractivity contribution in [2.24, 2.45) is 5.92 Å². The van der Waals surface area contributed by atoms with Gasteiger partial charge in [0.05, 0.1) is 16.8 Å². The molecule has 2 aliphatic rings. The van der Waals surface area contributed by atoms with Gasteiger partial charge in [0, 0.05) is 18.6 Å². The maximum Gasteiger partial charge on any atom is 0.317 e. The molecule has 0 unspecified atom stereocenters. The van der Waals surface area contributed by atoms with Crippen molar-refractivity contribution in [3.8, 4) is 0 Å². The van der Waals surface area contributed by atoms with Gasteiger partial charge in [-0.05, 0) is 43.7 Å². The number of para-hydroxylation sites is 1. The van der Waals surface area contributed by atoms with Gasteiger partial charge in [-0.1, -0.05) is 23.5 Å². The monoisotopic (exact) mass is 331 g/mol. The summed E-state index contributed by atoms with van der Waals surface area (Å²) < 4.78 is 1.20. The summed E-state index contributed by atoms with van der Waals surface area (Å²) >= 11 is 1.69. The molecule has 1 aromatic heterocycles. The summed E-state index contributed by atoms with van der Waals surface area (Å²) in [5.74, 6) is 0.0128. The van der Waals surface area contributed by atoms with Crippen molar-refractivity contribution < 1.29 is 9.90 Å². The zero-order valence-corrected chi connectivity index (χ0v) is 13.8. The third-order valence-corrected chi connectivity index (χ3v) is 5.75. The van der Waals surface area contributed by atoms with E-state index in [2.05, 4.69) is 21.3 Å². The quantitative estimate of drug-likeness (QED) is 0.816. The van der Waals surface area contributed by atoms with Crippen molar-refractivity contribution in [1.82, 2.24) is 9.88 Å². The van der Waals surface area contributed by atoms with Gasteiger partial charge in [-0.15, -0.1) is 0 Å². The molecule has 0 atom stereocenters. The first-order valence-corrected chi connectivity index (χ1v) is 9.07. The summed E-state index contributed by atoms with van der Waals surface area (Å²) in [6.45, 7) is 1.12. The molecule has 0 saturated heterocycles. The zero-order chi connectivity index (χ0) is 15.8. The predicted molar refractivity (Wildman–Crippen MR) is 92.0 cm³/mol. The van der Waals surface area contributed by atoms with Gasteiger partial charge in [-0.3, -0.25) is 9.69 Å². The minimum absolute atomic E-state index is 0.176. The number of carboxylic acids is 1. The molecule has 2 aromatic rings. The maximum absolute atomic E-state index is 11.1. The number of anilines is 1. The van der Waals surface area contributed by atoms with Crippen LogP contribution in [0.3, 0.4) is 0 Å². The van der Waals surface area contributed by atoms with Gasteiger partial charge in [0.25, 0.3) is 0 Å². The molecule has 4 rings (SSSR count). The highest BCUT2D eigenvalue weighted by Gasteiger charge is 2.37. The fourth-order valence-electron chi connectivity index (χ4n) is 3.26. The third kappa shape index (κ3) is 3.48. The lowest BCUT2D eigenvalue weighted by Crippen LogP contribution is -2.52. The fraction of sp³-hybridized carbons (Fsp3) is 0.529. The lowest BCUT2D eigenvalue weighted by molar-refractivity contribution is -0.139. The number of benzene rings is 1. The van der Waals surface area contributed by atoms with Gasteiger partial charge in [-0.2, -0.15) is 0 Å². The SMILES string of the molecule is O=C(O)CN(CC1CC1)C1CC(Nc2nc3ccccc3s2)C1. The Balaban J connectivity index is 1.33. The number of nitrogens with zero attached hydrogens (tertiary/aromatic N) is 2. The smallest absolute Gasteiger partial charge is 0.317 e. The van der Waals surface area contributed by atoms with Gasteiger partial charge in [0.1, 0.15) is 0 Å². The average molecular weight is 331 g/mol. The molecule has 122 valence electrons. The van der Waals surface area contributed by atoms with Gasteiger partial charge < -0.3 is 10.4 Å². The molecular formula is C17H21N3O2S. The van der Waals surface area contributed by atoms with E-state index in [1.165, 1.54) is 17.5 Å². The minimum Gasteiger partial charge on any atom is -0.480 e. The fourth-order valence-corrected chi connectivity index (χ4v) is 4.20. The van der Waals surface area contributed by atoms with Gasteiger partial charge >= 0.3 is 5.97 Å². The van der Waals surface area contributed by atoms with Crippen molar-refractivity contribution in [3.05, 3.63) is 24.3 Å². The zero-order valence-electron chi connectivity index (χ0n) is 12.9. The Morgan fingerprint density at radius 2 is 2.13 bits per heavy atom. The largest absolute Gasteiger partial charge is 0.480 e. The molecule has 0 bridgehead atoms. The molecule has 5 nitrogen and oxygen atoms in total. The molecule has 0 amide bonds. The molecule has 2 aliphatic carbocycles. The summed E-state index contributed by atoms with van der Waals surface area (Å²) in [5.41, 5.74) is 1.04. The van der Waals surface area contributed by atoms with Crippen molar-refractivity contribution in [1.29, 1.82) is 0 Å². The van der Waals surface area contributed by atoms with E-state index >= 15 is 0 Å². The normalized spacial score (nSPS) is 23.9. The average Bonchev–Trinajstić information content (AvgIpc) is 3.18. The van der Waals surface area contributed by atoms with Crippen LogP contribution >= 0.6 is 11.3 Å². The molecule has 1 heterocycles. The molecule has 6 heteroatoms. The number of nitrogens with one attached hydrogen (secondary N) is 1. The molecule has 0 aliphatic heterocycles. The number of carboxylic acid groups (broad SMARTS) is 1. The van der Waals surface area contributed by atoms with Crippen LogP contribution in [-0.2, 0) is 4.79 Å². The number of hydrogen-bond donors (Lipinski definition) is 2. The number of fused-ring (bicyclic) bond motifs is 1. The number of aliphatic carboxylic acids is 1. The van der Waals surface area contributed by atoms with Crippen molar-refractivity contribution in [2.75, 3.05) is 18.4 Å². The molecule has 23 heavy (non-hydrogen) atoms. The Hall–Kier alpha value is -1.66. The Morgan fingerprint density at radius 1 is 1.35 bits per heavy atom. The molecule has 1 aromatic carbocycles. The van der Waals surface area contributed by atoms with E-state index in [1.807, 2.05) is 18.2 Å². The molecular weight excluding hydrogens is 310 g/mol. The Morgan fingerprint density at radius 3 is 2.83 bits per heavy atom. The Kier molecular flexibility index (Phi) is 3.95. The summed E-state index contributed by atoms with van der Waals surface area (Å²) in [4.78, 5) is 17.8. The van der Waals surface area contributed by atoms with E-state index in [0.29, 0.717) is 12.1 Å². The van der Waals surface area contributed by atoms with Crippen LogP contribution in [0, 0.1) is 5.92 Å². The van der Waals surface area contributed by atoms with Crippen LogP contribution in [0.4, 0.5) is 5.13 Å². The van der Waals surface area contributed by atoms with Gasteiger partial charge in [-0.25, -0.2) is 4.98 Å². The number of rotatable bonds is 7. The van der Waals surface area contributed by atoms with Crippen LogP contribution in [-0.4, -0.2) is 46.1 Å². The van der Waals surface area contributed by atoms with Crippen LogP contribution in [0.2, 0.25) is 0 Å². The van der Waals surface area contributed by atoms with E-state index in [9.17, 15) is 4.79 Å². The minimum atomic E-state index is -0.715. The van der Waals surface area contributed by atoms with Crippen LogP contribution in [0.15, 0.2) is 24.3 Å². The molecule has 0 spiro atoms. The van der Waals surface area contributed by atoms with E-state index in [0.717, 1.165) is 36.0 Å². The molecule has 2 fully saturated rings. The highest BCUT2D eigenvalue weighted by molar-refractivity contribution is 7.22. The second-order valence-electron chi connectivity index (χ2n) is 6.72. The second kappa shape index (κ2) is 6.09. The van der Waals surface area contributed by atoms with E-state index in [4.69, 9.17) is 5.11 Å². The predicted octanol–water partition coefficient (Wildman–Crippen LogP) is 3.04. The number of aromatic nitrogens is 1. The summed E-state index contributed by atoms with van der Waals surface area (Å²) in [6.07, 6.45) is 4.54. The molecule has 2 saturated carbocycles. The van der Waals surface area contributed by atoms with E-state index < -0.39 is 5.97 Å². The molecule has 0 radical (unpaired) electrons. The van der Waals surface area contributed by atoms with E-state index in [-0.39, 0.29) is 6.54 Å². The third-order valence-electron chi connectivity index (χ3n) is 4.78. The lowest BCUT2D eigenvalue weighted by Gasteiger charge is -2.42. The van der Waals surface area contributed by atoms with Crippen molar-refractivity contribution in [3.63, 3.8) is 0 Å². The standard InChI is InChI=1S/C17H21N3O2S/c21-16(22)10-20(9-11-5-6-11)13-7-12(8-13)18-17-19-14-3-1-2-4-15(14)23-17/h1-4,11-13H,5-10H2,(H,18,19)(H,21,22). The van der Waals surface area contributed by atoms with Gasteiger partial charge in [0.2, 0.25) is 0 Å². The number of carbonyl (C=O) groups is 1. The molecule has 2 N–H and O–H groups in total. The Labute approximate surface area is 139 Å². The topological polar surface area (TPSA) is 65.5 Å². The van der Waals surface area contributed by atoms with Crippen LogP contribution in [0.1, 0.15) is 25.7 Å². The lowest BCUT2D eigenvalue weighted by atomic mass is 9.85. The maximum atomic E-state index is 11.1. The highest BCUT2D eigenvalue weighted by Crippen LogP contribution is 2.35. The van der Waals surface area contributed by atoms with Crippen LogP contribution in [0.5, 0.6) is 0 Å². The van der Waals surface area contributed by atoms with E-state index in [1.54, 1.807) is 11.3 Å². The van der Waals surface area contributed by atoms with Crippen molar-refractivity contribution >= 4 is 32.7 Å². The second-order valence-corrected chi connectivity index (χ2v) is 7.75. The number of hydrogen-bond acceptors (Lipinski definition) is 5. The Bertz CT molecular complexity index is 674. The van der Waals surface area contributed by atoms with Gasteiger partial charge in [0.15, 0.2) is 5.13 Å². The van der Waals surface area contributed by atoms with Crippen LogP contribution < -0.4 is 5.32 Å². The first-order valence-electron chi connectivity index (χ1n) is 8.25. The number of thiazole rings is 1. The highest BCUT2D eigenvalue weighted by atomic mass is 32.1. The summed E-state index contributed by atoms with van der Waals surface area (Å²) in [6, 6.07) is 8.98. The first kappa shape index (κ1) is 14.9. The first-order chi connectivity index (χ1) is 11.2. The van der Waals surface area contributed by atoms with Crippen molar-refractivity contribution in [2.45, 2.75) is 37.8 Å². The summed E-state index contributed by atoms with van der Waals surface area (Å²) in [7, 11) is 0. The summed E-state index contributed by atoms with van der Waals surface area (Å²) in [5, 5.41) is 13.6.